The van der Waals surface area contributed by atoms with E-state index in [2.05, 4.69) is 0 Å². The van der Waals surface area contributed by atoms with Crippen molar-refractivity contribution in [3.05, 3.63) is 251 Å². The number of benzene rings is 14. The standard InChI is InChI=1S/C78H46N4O11/c1-39(79-71(83)55-29-21-47-51-25-33-59-69-60(34-26-52(65(51)69)48-22-30-56(72(79)84)67(55)63(47)48)76(88)81(75(59)87)41-13-17-45(18-14-41)92-43-9-5-3-6-10-43)37-91-38-40(2)80-73(85)57-31-23-49-53-27-35-61-70-62(36-28-54(66(53)70)50-24-32-58(74(80)86)68(57)64(49)50)78(90)82(77(61)89)42-15-19-46(20-16-42)93-44-11-7-4-8-12-44/h3-36,39-40H,37-38H2,1-2H3. The van der Waals surface area contributed by atoms with Crippen LogP contribution in [0.25, 0.3) is 86.2 Å². The van der Waals surface area contributed by atoms with E-state index in [1.807, 2.05) is 109 Å². The van der Waals surface area contributed by atoms with E-state index in [0.29, 0.717) is 111 Å². The Morgan fingerprint density at radius 3 is 0.731 bits per heavy atom. The fourth-order valence-electron chi connectivity index (χ4n) is 15.0. The number of rotatable bonds is 12. The van der Waals surface area contributed by atoms with Crippen molar-refractivity contribution in [2.45, 2.75) is 25.9 Å². The molecule has 0 aromatic heterocycles. The summed E-state index contributed by atoms with van der Waals surface area (Å²) in [7, 11) is 0. The van der Waals surface area contributed by atoms with Gasteiger partial charge in [0, 0.05) is 66.1 Å². The van der Waals surface area contributed by atoms with Crippen molar-refractivity contribution >= 4 is 145 Å². The van der Waals surface area contributed by atoms with Crippen LogP contribution in [0.3, 0.4) is 0 Å². The third-order valence-corrected chi connectivity index (χ3v) is 19.1. The largest absolute Gasteiger partial charge is 0.457 e. The van der Waals surface area contributed by atoms with Crippen molar-refractivity contribution in [1.29, 1.82) is 0 Å². The molecule has 0 fully saturated rings. The maximum Gasteiger partial charge on any atom is 0.265 e. The first-order chi connectivity index (χ1) is 45.3. The number of carbonyl (C=O) groups is 8. The number of ether oxygens (including phenoxy) is 3. The zero-order valence-electron chi connectivity index (χ0n) is 49.5. The lowest BCUT2D eigenvalue weighted by Gasteiger charge is -2.34. The van der Waals surface area contributed by atoms with E-state index >= 15 is 0 Å². The Morgan fingerprint density at radius 1 is 0.258 bits per heavy atom. The van der Waals surface area contributed by atoms with Crippen molar-refractivity contribution in [2.75, 3.05) is 23.0 Å². The van der Waals surface area contributed by atoms with E-state index in [0.717, 1.165) is 53.9 Å². The Hall–Kier alpha value is -12.2. The summed E-state index contributed by atoms with van der Waals surface area (Å²) in [4.78, 5) is 121. The van der Waals surface area contributed by atoms with Gasteiger partial charge >= 0.3 is 0 Å². The smallest absolute Gasteiger partial charge is 0.265 e. The third kappa shape index (κ3) is 7.50. The average molecular weight is 1220 g/mol. The maximum absolute atomic E-state index is 14.7. The molecule has 93 heavy (non-hydrogen) atoms. The van der Waals surface area contributed by atoms with Crippen molar-refractivity contribution in [2.24, 2.45) is 0 Å². The predicted octanol–water partition coefficient (Wildman–Crippen LogP) is 15.7. The molecule has 14 aromatic rings. The van der Waals surface area contributed by atoms with Crippen LogP contribution >= 0.6 is 0 Å². The van der Waals surface area contributed by atoms with Crippen molar-refractivity contribution in [1.82, 2.24) is 9.80 Å². The van der Waals surface area contributed by atoms with Crippen LogP contribution in [0, 0.1) is 0 Å². The summed E-state index contributed by atoms with van der Waals surface area (Å²) in [6.45, 7) is 3.24. The molecule has 444 valence electrons. The second-order valence-electron chi connectivity index (χ2n) is 24.2. The number of carbonyl (C=O) groups excluding carboxylic acids is 8. The third-order valence-electron chi connectivity index (χ3n) is 19.1. The highest BCUT2D eigenvalue weighted by atomic mass is 16.5. The van der Waals surface area contributed by atoms with Crippen LogP contribution in [0.4, 0.5) is 11.4 Å². The number of hydrogen-bond donors (Lipinski definition) is 0. The minimum atomic E-state index is -0.772. The van der Waals surface area contributed by atoms with Gasteiger partial charge in [0.15, 0.2) is 0 Å². The lowest BCUT2D eigenvalue weighted by Crippen LogP contribution is -2.49. The average Bonchev–Trinajstić information content (AvgIpc) is 0.698. The van der Waals surface area contributed by atoms with Gasteiger partial charge in [-0.15, -0.1) is 0 Å². The molecule has 8 amide bonds. The van der Waals surface area contributed by atoms with Crippen LogP contribution in [0.2, 0.25) is 0 Å². The Bertz CT molecular complexity index is 5180. The van der Waals surface area contributed by atoms with Gasteiger partial charge in [0.25, 0.3) is 47.3 Å². The number of nitrogens with zero attached hydrogens (tertiary/aromatic N) is 4. The van der Waals surface area contributed by atoms with E-state index in [1.165, 1.54) is 19.6 Å². The molecule has 0 spiro atoms. The van der Waals surface area contributed by atoms with E-state index in [-0.39, 0.29) is 13.2 Å². The van der Waals surface area contributed by atoms with Gasteiger partial charge in [-0.1, -0.05) is 84.9 Å². The van der Waals surface area contributed by atoms with Gasteiger partial charge < -0.3 is 14.2 Å². The molecule has 2 unspecified atom stereocenters. The number of hydrogen-bond acceptors (Lipinski definition) is 11. The van der Waals surface area contributed by atoms with E-state index in [1.54, 1.807) is 111 Å². The Morgan fingerprint density at radius 2 is 0.484 bits per heavy atom. The van der Waals surface area contributed by atoms with Gasteiger partial charge in [-0.05, 0) is 200 Å². The Kier molecular flexibility index (Phi) is 11.4. The Labute approximate surface area is 527 Å². The molecule has 2 atom stereocenters. The zero-order valence-corrected chi connectivity index (χ0v) is 49.5. The molecule has 0 saturated heterocycles. The van der Waals surface area contributed by atoms with Crippen molar-refractivity contribution < 1.29 is 52.6 Å². The number of imide groups is 4. The van der Waals surface area contributed by atoms with E-state index in [4.69, 9.17) is 14.2 Å². The fraction of sp³-hybridized carbons (Fsp3) is 0.0769. The summed E-state index contributed by atoms with van der Waals surface area (Å²) < 4.78 is 18.2. The molecule has 4 aliphatic heterocycles. The molecule has 18 rings (SSSR count). The summed E-state index contributed by atoms with van der Waals surface area (Å²) in [5.74, 6) is -1.47. The highest BCUT2D eigenvalue weighted by Crippen LogP contribution is 2.50. The van der Waals surface area contributed by atoms with Gasteiger partial charge in [-0.2, -0.15) is 0 Å². The first kappa shape index (κ1) is 53.8. The molecule has 15 heteroatoms. The first-order valence-corrected chi connectivity index (χ1v) is 30.5. The monoisotopic (exact) mass is 1210 g/mol. The van der Waals surface area contributed by atoms with Gasteiger partial charge in [0.2, 0.25) is 0 Å². The summed E-state index contributed by atoms with van der Waals surface area (Å²) in [5.41, 5.74) is 3.61. The second-order valence-corrected chi connectivity index (χ2v) is 24.2. The number of fused-ring (bicyclic) bond motifs is 4. The topological polar surface area (TPSA) is 177 Å². The molecule has 4 aliphatic rings. The molecule has 0 saturated carbocycles. The summed E-state index contributed by atoms with van der Waals surface area (Å²) in [6, 6.07) is 59.5. The highest BCUT2D eigenvalue weighted by molar-refractivity contribution is 6.46. The van der Waals surface area contributed by atoms with Crippen LogP contribution in [-0.2, 0) is 4.74 Å². The molecule has 0 bridgehead atoms. The zero-order chi connectivity index (χ0) is 63.0. The van der Waals surface area contributed by atoms with Crippen LogP contribution in [-0.4, -0.2) is 82.4 Å². The maximum atomic E-state index is 14.7. The number of anilines is 2. The van der Waals surface area contributed by atoms with Crippen LogP contribution in [0.5, 0.6) is 23.0 Å². The molecular formula is C78H46N4O11. The Balaban J connectivity index is 0.593. The minimum absolute atomic E-state index is 0.101. The van der Waals surface area contributed by atoms with Crippen LogP contribution in [0.15, 0.2) is 206 Å². The highest BCUT2D eigenvalue weighted by Gasteiger charge is 2.42. The van der Waals surface area contributed by atoms with Gasteiger partial charge in [-0.25, -0.2) is 9.80 Å². The second kappa shape index (κ2) is 19.6. The fourth-order valence-corrected chi connectivity index (χ4v) is 15.0. The van der Waals surface area contributed by atoms with E-state index < -0.39 is 59.3 Å². The molecule has 0 aliphatic carbocycles. The molecule has 0 radical (unpaired) electrons. The quantitative estimate of drug-likeness (QED) is 0.0646. The van der Waals surface area contributed by atoms with Crippen LogP contribution < -0.4 is 19.3 Å². The SMILES string of the molecule is CC(COCC(C)N1C(=O)c2ccc3c4ccc5c6c(ccc(c7ccc(c2c37)C1=O)c64)C(=O)N(c1ccc(Oc2ccccc2)cc1)C5=O)N1C(=O)c2ccc3c4ccc5c6c(ccc(c7ccc(c2c37)C1=O)c64)C(=O)N(c1ccc(Oc2ccccc2)cc1)C5=O. The van der Waals surface area contributed by atoms with Crippen molar-refractivity contribution in [3.63, 3.8) is 0 Å². The summed E-state index contributed by atoms with van der Waals surface area (Å²) >= 11 is 0. The summed E-state index contributed by atoms with van der Waals surface area (Å²) in [6.07, 6.45) is 0. The molecular weight excluding hydrogens is 1170 g/mol. The molecule has 0 N–H and O–H groups in total. The van der Waals surface area contributed by atoms with Crippen molar-refractivity contribution in [3.8, 4) is 23.0 Å². The lowest BCUT2D eigenvalue weighted by molar-refractivity contribution is 0.0236. The normalized spacial score (nSPS) is 15.3. The number of para-hydroxylation sites is 2. The summed E-state index contributed by atoms with van der Waals surface area (Å²) in [5, 5.41) is 11.1. The molecule has 14 aromatic carbocycles. The predicted molar refractivity (Wildman–Crippen MR) is 354 cm³/mol. The molecule has 15 nitrogen and oxygen atoms in total. The van der Waals surface area contributed by atoms with Crippen LogP contribution in [0.1, 0.15) is 96.7 Å². The minimum Gasteiger partial charge on any atom is -0.457 e. The number of amides is 8. The molecule has 4 heterocycles. The first-order valence-electron chi connectivity index (χ1n) is 30.5. The van der Waals surface area contributed by atoms with Gasteiger partial charge in [0.05, 0.1) is 36.7 Å². The van der Waals surface area contributed by atoms with E-state index in [9.17, 15) is 38.4 Å². The van der Waals surface area contributed by atoms with Gasteiger partial charge in [0.1, 0.15) is 23.0 Å². The van der Waals surface area contributed by atoms with Gasteiger partial charge in [-0.3, -0.25) is 48.2 Å². The lowest BCUT2D eigenvalue weighted by atomic mass is 9.82.